The van der Waals surface area contributed by atoms with Crippen molar-refractivity contribution in [1.29, 1.82) is 0 Å². The Hall–Kier alpha value is -4.85. The Kier molecular flexibility index (Phi) is 6.36. The van der Waals surface area contributed by atoms with Gasteiger partial charge in [-0.25, -0.2) is 17.9 Å². The van der Waals surface area contributed by atoms with Crippen molar-refractivity contribution in [3.63, 3.8) is 0 Å². The Morgan fingerprint density at radius 1 is 0.718 bits per heavy atom. The first-order chi connectivity index (χ1) is 19.0. The van der Waals surface area contributed by atoms with Crippen LogP contribution in [0.15, 0.2) is 108 Å². The maximum absolute atomic E-state index is 13.8. The average molecular weight is 525 g/mol. The topological polar surface area (TPSA) is 42.6 Å². The lowest BCUT2D eigenvalue weighted by molar-refractivity contribution is 0.433. The SMILES string of the molecule is Cc1nn(-c2ccccc2)c(Oc2ccc(F)cc2)c1C1CC(c2ccc(F)cc2)=NN1c1ccc(F)cc1. The molecular weight excluding hydrogens is 501 g/mol. The summed E-state index contributed by atoms with van der Waals surface area (Å²) in [6, 6.07) is 27.2. The quantitative estimate of drug-likeness (QED) is 0.228. The Bertz CT molecular complexity index is 1630. The highest BCUT2D eigenvalue weighted by Crippen LogP contribution is 2.44. The smallest absolute Gasteiger partial charge is 0.228 e. The van der Waals surface area contributed by atoms with E-state index in [0.29, 0.717) is 29.4 Å². The minimum absolute atomic E-state index is 0.334. The van der Waals surface area contributed by atoms with Crippen LogP contribution in [0.5, 0.6) is 11.6 Å². The Balaban J connectivity index is 1.50. The summed E-state index contributed by atoms with van der Waals surface area (Å²) in [5.41, 5.74) is 4.47. The number of benzene rings is 4. The zero-order valence-electron chi connectivity index (χ0n) is 20.9. The molecule has 0 spiro atoms. The molecule has 0 bridgehead atoms. The molecule has 194 valence electrons. The second kappa shape index (κ2) is 10.1. The van der Waals surface area contributed by atoms with Gasteiger partial charge in [0.1, 0.15) is 23.2 Å². The van der Waals surface area contributed by atoms with E-state index in [2.05, 4.69) is 0 Å². The van der Waals surface area contributed by atoms with E-state index in [0.717, 1.165) is 22.5 Å². The lowest BCUT2D eigenvalue weighted by Gasteiger charge is -2.24. The van der Waals surface area contributed by atoms with E-state index in [1.54, 1.807) is 41.1 Å². The fraction of sp³-hybridized carbons (Fsp3) is 0.0968. The number of rotatable bonds is 6. The molecule has 0 N–H and O–H groups in total. The average Bonchev–Trinajstić information content (AvgIpc) is 3.52. The summed E-state index contributed by atoms with van der Waals surface area (Å²) in [6.07, 6.45) is 0.462. The highest BCUT2D eigenvalue weighted by molar-refractivity contribution is 6.03. The van der Waals surface area contributed by atoms with Crippen molar-refractivity contribution in [2.24, 2.45) is 5.10 Å². The molecule has 8 heteroatoms. The van der Waals surface area contributed by atoms with Crippen molar-refractivity contribution >= 4 is 11.4 Å². The van der Waals surface area contributed by atoms with Crippen LogP contribution in [0.2, 0.25) is 0 Å². The van der Waals surface area contributed by atoms with Gasteiger partial charge < -0.3 is 4.74 Å². The highest BCUT2D eigenvalue weighted by Gasteiger charge is 2.36. The van der Waals surface area contributed by atoms with Gasteiger partial charge in [-0.15, -0.1) is 0 Å². The van der Waals surface area contributed by atoms with Gasteiger partial charge >= 0.3 is 0 Å². The van der Waals surface area contributed by atoms with E-state index in [9.17, 15) is 13.2 Å². The minimum Gasteiger partial charge on any atom is -0.439 e. The van der Waals surface area contributed by atoms with Gasteiger partial charge in [0.15, 0.2) is 0 Å². The number of hydrogen-bond acceptors (Lipinski definition) is 4. The molecule has 5 aromatic rings. The normalized spacial score (nSPS) is 14.9. The summed E-state index contributed by atoms with van der Waals surface area (Å²) in [6.45, 7) is 1.89. The number of aryl methyl sites for hydroxylation is 1. The molecule has 1 unspecified atom stereocenters. The molecule has 2 heterocycles. The van der Waals surface area contributed by atoms with E-state index in [4.69, 9.17) is 14.9 Å². The summed E-state index contributed by atoms with van der Waals surface area (Å²) in [7, 11) is 0. The second-order valence-corrected chi connectivity index (χ2v) is 9.20. The zero-order chi connectivity index (χ0) is 26.9. The Morgan fingerprint density at radius 3 is 1.95 bits per heavy atom. The number of hydrazone groups is 1. The van der Waals surface area contributed by atoms with Crippen molar-refractivity contribution in [1.82, 2.24) is 9.78 Å². The monoisotopic (exact) mass is 524 g/mol. The molecule has 1 aliphatic heterocycles. The fourth-order valence-electron chi connectivity index (χ4n) is 4.74. The molecule has 4 aromatic carbocycles. The van der Waals surface area contributed by atoms with Crippen LogP contribution in [-0.4, -0.2) is 15.5 Å². The number of anilines is 1. The van der Waals surface area contributed by atoms with Crippen LogP contribution in [0.3, 0.4) is 0 Å². The molecule has 0 saturated carbocycles. The molecule has 5 nitrogen and oxygen atoms in total. The van der Waals surface area contributed by atoms with Crippen LogP contribution in [0.1, 0.15) is 29.3 Å². The molecule has 0 amide bonds. The molecule has 0 saturated heterocycles. The van der Waals surface area contributed by atoms with Crippen LogP contribution >= 0.6 is 0 Å². The van der Waals surface area contributed by atoms with Gasteiger partial charge in [0.05, 0.1) is 34.4 Å². The Labute approximate surface area is 223 Å². The van der Waals surface area contributed by atoms with Crippen LogP contribution < -0.4 is 9.75 Å². The second-order valence-electron chi connectivity index (χ2n) is 9.20. The van der Waals surface area contributed by atoms with Crippen LogP contribution in [0.4, 0.5) is 18.9 Å². The van der Waals surface area contributed by atoms with Gasteiger partial charge in [0.25, 0.3) is 0 Å². The third-order valence-corrected chi connectivity index (χ3v) is 6.60. The first-order valence-corrected chi connectivity index (χ1v) is 12.4. The summed E-state index contributed by atoms with van der Waals surface area (Å²) in [4.78, 5) is 0. The summed E-state index contributed by atoms with van der Waals surface area (Å²) >= 11 is 0. The number of aromatic nitrogens is 2. The van der Waals surface area contributed by atoms with Crippen LogP contribution in [-0.2, 0) is 0 Å². The maximum atomic E-state index is 13.8. The molecule has 1 aliphatic rings. The molecular formula is C31H23F3N4O. The first-order valence-electron chi connectivity index (χ1n) is 12.4. The third kappa shape index (κ3) is 4.88. The lowest BCUT2D eigenvalue weighted by Crippen LogP contribution is -2.19. The van der Waals surface area contributed by atoms with Crippen molar-refractivity contribution in [2.75, 3.05) is 5.01 Å². The van der Waals surface area contributed by atoms with Gasteiger partial charge in [-0.1, -0.05) is 30.3 Å². The van der Waals surface area contributed by atoms with Gasteiger partial charge in [-0.2, -0.15) is 10.2 Å². The summed E-state index contributed by atoms with van der Waals surface area (Å²) in [5.74, 6) is -0.158. The molecule has 0 fully saturated rings. The molecule has 0 radical (unpaired) electrons. The minimum atomic E-state index is -0.372. The Morgan fingerprint density at radius 2 is 1.31 bits per heavy atom. The van der Waals surface area contributed by atoms with Gasteiger partial charge in [0.2, 0.25) is 5.88 Å². The molecule has 1 aromatic heterocycles. The van der Waals surface area contributed by atoms with Crippen molar-refractivity contribution in [2.45, 2.75) is 19.4 Å². The molecule has 6 rings (SSSR count). The fourth-order valence-corrected chi connectivity index (χ4v) is 4.74. The standard InChI is InChI=1S/C31H23F3N4O/c1-20-30(31(39-27-17-13-24(34)14-18-27)38(35-20)25-5-3-2-4-6-25)29-19-28(21-7-9-22(32)10-8-21)36-37(29)26-15-11-23(33)12-16-26/h2-18,29H,19H2,1H3. The lowest BCUT2D eigenvalue weighted by atomic mass is 9.98. The van der Waals surface area contributed by atoms with Crippen LogP contribution in [0.25, 0.3) is 5.69 Å². The van der Waals surface area contributed by atoms with Crippen LogP contribution in [0, 0.1) is 24.4 Å². The van der Waals surface area contributed by atoms with Crippen molar-refractivity contribution in [3.05, 3.63) is 137 Å². The number of hydrogen-bond donors (Lipinski definition) is 0. The largest absolute Gasteiger partial charge is 0.439 e. The molecule has 0 aliphatic carbocycles. The zero-order valence-corrected chi connectivity index (χ0v) is 20.9. The van der Waals surface area contributed by atoms with E-state index < -0.39 is 0 Å². The number of para-hydroxylation sites is 1. The highest BCUT2D eigenvalue weighted by atomic mass is 19.1. The maximum Gasteiger partial charge on any atom is 0.228 e. The van der Waals surface area contributed by atoms with Gasteiger partial charge in [-0.3, -0.25) is 5.01 Å². The number of halogens is 3. The van der Waals surface area contributed by atoms with E-state index in [1.807, 2.05) is 42.3 Å². The van der Waals surface area contributed by atoms with Crippen molar-refractivity contribution in [3.8, 4) is 17.3 Å². The third-order valence-electron chi connectivity index (χ3n) is 6.60. The number of ether oxygens (including phenoxy) is 1. The van der Waals surface area contributed by atoms with Gasteiger partial charge in [-0.05, 0) is 85.3 Å². The predicted molar refractivity (Wildman–Crippen MR) is 144 cm³/mol. The predicted octanol–water partition coefficient (Wildman–Crippen LogP) is 7.75. The van der Waals surface area contributed by atoms with E-state index in [-0.39, 0.29) is 23.5 Å². The first kappa shape index (κ1) is 24.5. The summed E-state index contributed by atoms with van der Waals surface area (Å²) < 4.78 is 49.2. The van der Waals surface area contributed by atoms with E-state index >= 15 is 0 Å². The number of nitrogens with zero attached hydrogens (tertiary/aromatic N) is 4. The summed E-state index contributed by atoms with van der Waals surface area (Å²) in [5, 5.41) is 11.5. The van der Waals surface area contributed by atoms with Crippen molar-refractivity contribution < 1.29 is 17.9 Å². The molecule has 39 heavy (non-hydrogen) atoms. The van der Waals surface area contributed by atoms with Gasteiger partial charge in [0, 0.05) is 6.42 Å². The van der Waals surface area contributed by atoms with E-state index in [1.165, 1.54) is 36.4 Å². The molecule has 1 atom stereocenters.